The highest BCUT2D eigenvalue weighted by atomic mass is 35.5. The molecule has 14 heteroatoms. The van der Waals surface area contributed by atoms with Gasteiger partial charge < -0.3 is 34.6 Å². The Morgan fingerprint density at radius 3 is 1.56 bits per heavy atom. The topological polar surface area (TPSA) is 127 Å². The standard InChI is InChI=1S/C31H38Cl2N8O4/c1-5-14-45-37-24-17-28(40(4)20-24)31(44)36-23-16-27(39(3)19-23)30(43)35-22-15-26(38(2)18-22)29(42)34-21-6-8-25(9-7-21)41(12-10-32)13-11-33/h6-9,15-20,37H,5,10-14H2,1-4H3,(H,34,42)(H,35,43)(H,36,44). The fraction of sp³-hybridized carbons (Fsp3) is 0.323. The summed E-state index contributed by atoms with van der Waals surface area (Å²) < 4.78 is 4.93. The van der Waals surface area contributed by atoms with Crippen LogP contribution >= 0.6 is 23.2 Å². The number of anilines is 5. The minimum atomic E-state index is -0.400. The van der Waals surface area contributed by atoms with E-state index in [1.807, 2.05) is 31.2 Å². The summed E-state index contributed by atoms with van der Waals surface area (Å²) in [4.78, 5) is 46.5. The molecule has 4 N–H and O–H groups in total. The Kier molecular flexibility index (Phi) is 11.6. The molecule has 3 amide bonds. The van der Waals surface area contributed by atoms with Gasteiger partial charge in [0.15, 0.2) is 0 Å². The number of nitrogens with zero attached hydrogens (tertiary/aromatic N) is 4. The number of aryl methyl sites for hydroxylation is 3. The van der Waals surface area contributed by atoms with Crippen molar-refractivity contribution >= 4 is 69.4 Å². The molecule has 0 fully saturated rings. The van der Waals surface area contributed by atoms with Gasteiger partial charge in [-0.05, 0) is 48.9 Å². The highest BCUT2D eigenvalue weighted by Crippen LogP contribution is 2.22. The lowest BCUT2D eigenvalue weighted by atomic mass is 10.2. The number of carbonyl (C=O) groups excluding carboxylic acids is 3. The Labute approximate surface area is 272 Å². The van der Waals surface area contributed by atoms with Crippen molar-refractivity contribution in [3.05, 3.63) is 78.1 Å². The molecular weight excluding hydrogens is 619 g/mol. The normalized spacial score (nSPS) is 10.9. The van der Waals surface area contributed by atoms with Crippen LogP contribution in [-0.2, 0) is 26.0 Å². The van der Waals surface area contributed by atoms with Gasteiger partial charge in [-0.2, -0.15) is 0 Å². The van der Waals surface area contributed by atoms with Gasteiger partial charge in [0.1, 0.15) is 17.1 Å². The highest BCUT2D eigenvalue weighted by Gasteiger charge is 2.19. The van der Waals surface area contributed by atoms with Crippen LogP contribution in [0.2, 0.25) is 0 Å². The van der Waals surface area contributed by atoms with Gasteiger partial charge in [0.25, 0.3) is 17.7 Å². The maximum atomic E-state index is 13.1. The number of nitrogens with one attached hydrogen (secondary N) is 4. The van der Waals surface area contributed by atoms with Crippen molar-refractivity contribution in [2.75, 3.05) is 57.8 Å². The molecule has 45 heavy (non-hydrogen) atoms. The molecular formula is C31H38Cl2N8O4. The first kappa shape index (κ1) is 33.5. The smallest absolute Gasteiger partial charge is 0.272 e. The zero-order valence-electron chi connectivity index (χ0n) is 25.7. The van der Waals surface area contributed by atoms with Gasteiger partial charge in [-0.15, -0.1) is 23.2 Å². The van der Waals surface area contributed by atoms with E-state index in [1.165, 1.54) is 0 Å². The molecule has 0 aliphatic heterocycles. The third-order valence-electron chi connectivity index (χ3n) is 6.92. The first-order chi connectivity index (χ1) is 21.6. The Morgan fingerprint density at radius 2 is 1.11 bits per heavy atom. The van der Waals surface area contributed by atoms with Crippen LogP contribution in [-0.4, -0.2) is 62.9 Å². The number of amides is 3. The molecule has 4 rings (SSSR count). The van der Waals surface area contributed by atoms with Gasteiger partial charge in [0.2, 0.25) is 0 Å². The number of alkyl halides is 2. The Bertz CT molecular complexity index is 1620. The van der Waals surface area contributed by atoms with Crippen LogP contribution < -0.4 is 26.3 Å². The Morgan fingerprint density at radius 1 is 0.689 bits per heavy atom. The summed E-state index contributed by atoms with van der Waals surface area (Å²) in [6, 6.07) is 12.3. The van der Waals surface area contributed by atoms with Gasteiger partial charge in [-0.3, -0.25) is 24.7 Å². The van der Waals surface area contributed by atoms with E-state index < -0.39 is 5.91 Å². The number of rotatable bonds is 15. The Balaban J connectivity index is 1.37. The molecule has 12 nitrogen and oxygen atoms in total. The SMILES string of the molecule is CCCONc1cc(C(=O)Nc2cc(C(=O)Nc3cc(C(=O)Nc4ccc(N(CCCl)CCCl)cc4)n(C)c3)n(C)c2)n(C)c1. The molecule has 1 aromatic carbocycles. The third-order valence-corrected chi connectivity index (χ3v) is 7.26. The third kappa shape index (κ3) is 8.62. The van der Waals surface area contributed by atoms with Gasteiger partial charge in [-0.25, -0.2) is 0 Å². The number of benzene rings is 1. The van der Waals surface area contributed by atoms with Crippen molar-refractivity contribution in [1.82, 2.24) is 13.7 Å². The van der Waals surface area contributed by atoms with Gasteiger partial charge in [0.05, 0.1) is 23.7 Å². The molecule has 0 radical (unpaired) electrons. The molecule has 0 spiro atoms. The second-order valence-corrected chi connectivity index (χ2v) is 11.2. The van der Waals surface area contributed by atoms with Crippen LogP contribution in [0.25, 0.3) is 0 Å². The molecule has 4 aromatic rings. The number of halogens is 2. The maximum absolute atomic E-state index is 13.1. The van der Waals surface area contributed by atoms with E-state index >= 15 is 0 Å². The minimum Gasteiger partial charge on any atom is -0.369 e. The molecule has 0 bridgehead atoms. The average Bonchev–Trinajstić information content (AvgIpc) is 3.68. The van der Waals surface area contributed by atoms with Crippen molar-refractivity contribution in [3.63, 3.8) is 0 Å². The van der Waals surface area contributed by atoms with Crippen molar-refractivity contribution < 1.29 is 19.2 Å². The van der Waals surface area contributed by atoms with E-state index in [4.69, 9.17) is 28.0 Å². The summed E-state index contributed by atoms with van der Waals surface area (Å²) >= 11 is 11.8. The number of hydrogen-bond donors (Lipinski definition) is 4. The van der Waals surface area contributed by atoms with Crippen LogP contribution in [0.3, 0.4) is 0 Å². The number of carbonyl (C=O) groups is 3. The van der Waals surface area contributed by atoms with Gasteiger partial charge in [0, 0.05) is 76.0 Å². The molecule has 240 valence electrons. The zero-order valence-corrected chi connectivity index (χ0v) is 27.2. The summed E-state index contributed by atoms with van der Waals surface area (Å²) in [5, 5.41) is 8.55. The van der Waals surface area contributed by atoms with Crippen LogP contribution in [0.1, 0.15) is 44.8 Å². The summed E-state index contributed by atoms with van der Waals surface area (Å²) in [7, 11) is 5.19. The van der Waals surface area contributed by atoms with Crippen molar-refractivity contribution in [2.24, 2.45) is 21.1 Å². The second kappa shape index (κ2) is 15.6. The van der Waals surface area contributed by atoms with E-state index in [9.17, 15) is 14.4 Å². The quantitative estimate of drug-likeness (QED) is 0.0761. The molecule has 0 aliphatic carbocycles. The number of hydrogen-bond acceptors (Lipinski definition) is 6. The first-order valence-electron chi connectivity index (χ1n) is 14.4. The van der Waals surface area contributed by atoms with Crippen molar-refractivity contribution in [2.45, 2.75) is 13.3 Å². The summed E-state index contributed by atoms with van der Waals surface area (Å²) in [5.41, 5.74) is 7.06. The molecule has 0 saturated carbocycles. The van der Waals surface area contributed by atoms with Crippen LogP contribution in [0, 0.1) is 0 Å². The Hall–Kier alpha value is -4.39. The summed E-state index contributed by atoms with van der Waals surface area (Å²) in [6.45, 7) is 3.87. The van der Waals surface area contributed by atoms with E-state index in [-0.39, 0.29) is 11.8 Å². The van der Waals surface area contributed by atoms with E-state index in [1.54, 1.807) is 71.6 Å². The fourth-order valence-corrected chi connectivity index (χ4v) is 5.12. The molecule has 0 atom stereocenters. The molecule has 0 unspecified atom stereocenters. The lowest BCUT2D eigenvalue weighted by Crippen LogP contribution is -2.27. The molecule has 3 aromatic heterocycles. The average molecular weight is 658 g/mol. The lowest BCUT2D eigenvalue weighted by molar-refractivity contribution is 0.101. The van der Waals surface area contributed by atoms with Crippen LogP contribution in [0.5, 0.6) is 0 Å². The molecule has 0 saturated heterocycles. The monoisotopic (exact) mass is 656 g/mol. The minimum absolute atomic E-state index is 0.319. The maximum Gasteiger partial charge on any atom is 0.272 e. The van der Waals surface area contributed by atoms with Crippen molar-refractivity contribution in [3.8, 4) is 0 Å². The zero-order chi connectivity index (χ0) is 32.5. The fourth-order valence-electron chi connectivity index (χ4n) is 4.71. The predicted octanol–water partition coefficient (Wildman–Crippen LogP) is 5.50. The lowest BCUT2D eigenvalue weighted by Gasteiger charge is -2.23. The summed E-state index contributed by atoms with van der Waals surface area (Å²) in [5.74, 6) is -0.111. The van der Waals surface area contributed by atoms with Crippen LogP contribution in [0.15, 0.2) is 61.1 Å². The van der Waals surface area contributed by atoms with E-state index in [2.05, 4.69) is 26.3 Å². The van der Waals surface area contributed by atoms with Crippen LogP contribution in [0.4, 0.5) is 28.4 Å². The number of aromatic nitrogens is 3. The van der Waals surface area contributed by atoms with E-state index in [0.29, 0.717) is 71.3 Å². The van der Waals surface area contributed by atoms with Crippen molar-refractivity contribution in [1.29, 1.82) is 0 Å². The second-order valence-electron chi connectivity index (χ2n) is 10.4. The largest absolute Gasteiger partial charge is 0.369 e. The van der Waals surface area contributed by atoms with Gasteiger partial charge in [-0.1, -0.05) is 6.92 Å². The first-order valence-corrected chi connectivity index (χ1v) is 15.5. The van der Waals surface area contributed by atoms with E-state index in [0.717, 1.165) is 12.1 Å². The van der Waals surface area contributed by atoms with Gasteiger partial charge >= 0.3 is 0 Å². The predicted molar refractivity (Wildman–Crippen MR) is 180 cm³/mol. The highest BCUT2D eigenvalue weighted by molar-refractivity contribution is 6.18. The molecule has 3 heterocycles. The summed E-state index contributed by atoms with van der Waals surface area (Å²) in [6.07, 6.45) is 5.92. The molecule has 0 aliphatic rings.